The Morgan fingerprint density at radius 1 is 1.20 bits per heavy atom. The van der Waals surface area contributed by atoms with E-state index in [-0.39, 0.29) is 0 Å². The van der Waals surface area contributed by atoms with Gasteiger partial charge in [0, 0.05) is 12.0 Å². The summed E-state index contributed by atoms with van der Waals surface area (Å²) in [4.78, 5) is 14.4. The third kappa shape index (κ3) is 2.60. The highest BCUT2D eigenvalue weighted by Gasteiger charge is 2.28. The van der Waals surface area contributed by atoms with Crippen LogP contribution in [0.25, 0.3) is 0 Å². The van der Waals surface area contributed by atoms with Crippen molar-refractivity contribution in [2.75, 3.05) is 13.1 Å². The van der Waals surface area contributed by atoms with E-state index in [2.05, 4.69) is 11.8 Å². The minimum atomic E-state index is 0.406. The molecule has 1 heterocycles. The number of ketones is 1. The summed E-state index contributed by atoms with van der Waals surface area (Å²) in [5.74, 6) is 0.927. The number of hydrogen-bond donors (Lipinski definition) is 0. The van der Waals surface area contributed by atoms with Crippen LogP contribution in [0.5, 0.6) is 0 Å². The monoisotopic (exact) mass is 209 g/mol. The Balaban J connectivity index is 1.82. The van der Waals surface area contributed by atoms with Gasteiger partial charge in [-0.05, 0) is 38.6 Å². The fourth-order valence-corrected chi connectivity index (χ4v) is 3.14. The average molecular weight is 209 g/mol. The second-order valence-electron chi connectivity index (χ2n) is 5.12. The van der Waals surface area contributed by atoms with E-state index in [1.807, 2.05) is 0 Å². The number of Topliss-reactive ketones (excluding diaryl/α,β-unsaturated/α-hetero) is 1. The molecule has 0 bridgehead atoms. The van der Waals surface area contributed by atoms with Gasteiger partial charge >= 0.3 is 0 Å². The zero-order valence-corrected chi connectivity index (χ0v) is 9.87. The molecule has 0 amide bonds. The molecule has 2 fully saturated rings. The van der Waals surface area contributed by atoms with Crippen molar-refractivity contribution in [1.82, 2.24) is 4.90 Å². The van der Waals surface area contributed by atoms with Gasteiger partial charge in [0.25, 0.3) is 0 Å². The summed E-state index contributed by atoms with van der Waals surface area (Å²) < 4.78 is 0. The Kier molecular flexibility index (Phi) is 3.79. The number of rotatable bonds is 4. The highest BCUT2D eigenvalue weighted by molar-refractivity contribution is 5.83. The first-order valence-corrected chi connectivity index (χ1v) is 6.58. The van der Waals surface area contributed by atoms with Gasteiger partial charge in [0.05, 0.1) is 6.54 Å². The van der Waals surface area contributed by atoms with Gasteiger partial charge < -0.3 is 0 Å². The predicted octanol–water partition coefficient (Wildman–Crippen LogP) is 2.62. The molecular formula is C13H23NO. The number of carbonyl (C=O) groups is 1. The lowest BCUT2D eigenvalue weighted by Gasteiger charge is -2.23. The van der Waals surface area contributed by atoms with Gasteiger partial charge in [0.1, 0.15) is 5.78 Å². The first-order chi connectivity index (χ1) is 7.31. The number of carbonyl (C=O) groups excluding carboxylic acids is 1. The van der Waals surface area contributed by atoms with Gasteiger partial charge in [-0.25, -0.2) is 0 Å². The summed E-state index contributed by atoms with van der Waals surface area (Å²) in [5.41, 5.74) is 0. The lowest BCUT2D eigenvalue weighted by atomic mass is 10.0. The summed E-state index contributed by atoms with van der Waals surface area (Å²) in [6.45, 7) is 4.13. The Hall–Kier alpha value is -0.370. The van der Waals surface area contributed by atoms with E-state index < -0.39 is 0 Å². The van der Waals surface area contributed by atoms with Crippen LogP contribution in [-0.4, -0.2) is 29.8 Å². The number of hydrogen-bond acceptors (Lipinski definition) is 2. The van der Waals surface area contributed by atoms with Crippen LogP contribution in [0.3, 0.4) is 0 Å². The zero-order valence-electron chi connectivity index (χ0n) is 9.87. The molecule has 1 aliphatic carbocycles. The maximum absolute atomic E-state index is 12.0. The molecule has 15 heavy (non-hydrogen) atoms. The molecule has 0 N–H and O–H groups in total. The molecular weight excluding hydrogens is 186 g/mol. The summed E-state index contributed by atoms with van der Waals surface area (Å²) in [7, 11) is 0. The van der Waals surface area contributed by atoms with Crippen LogP contribution in [0.15, 0.2) is 0 Å². The van der Waals surface area contributed by atoms with Gasteiger partial charge in [-0.1, -0.05) is 19.8 Å². The maximum atomic E-state index is 12.0. The van der Waals surface area contributed by atoms with Crippen molar-refractivity contribution >= 4 is 5.78 Å². The van der Waals surface area contributed by atoms with Crippen LogP contribution in [0.1, 0.15) is 51.9 Å². The fourth-order valence-electron chi connectivity index (χ4n) is 3.14. The molecule has 0 spiro atoms. The number of nitrogens with zero attached hydrogens (tertiary/aromatic N) is 1. The van der Waals surface area contributed by atoms with Crippen LogP contribution in [-0.2, 0) is 4.79 Å². The first-order valence-electron chi connectivity index (χ1n) is 6.58. The van der Waals surface area contributed by atoms with E-state index in [9.17, 15) is 4.79 Å². The van der Waals surface area contributed by atoms with Gasteiger partial charge in [0.15, 0.2) is 0 Å². The molecule has 1 unspecified atom stereocenters. The van der Waals surface area contributed by atoms with Crippen molar-refractivity contribution in [3.63, 3.8) is 0 Å². The SMILES string of the molecule is CCC1CCCN1CC(=O)C1CCCC1. The smallest absolute Gasteiger partial charge is 0.149 e. The van der Waals surface area contributed by atoms with Crippen molar-refractivity contribution in [1.29, 1.82) is 0 Å². The molecule has 2 rings (SSSR count). The second kappa shape index (κ2) is 5.11. The van der Waals surface area contributed by atoms with Crippen molar-refractivity contribution in [2.24, 2.45) is 5.92 Å². The summed E-state index contributed by atoms with van der Waals surface area (Å²) >= 11 is 0. The van der Waals surface area contributed by atoms with Crippen LogP contribution in [0.2, 0.25) is 0 Å². The minimum absolute atomic E-state index is 0.406. The summed E-state index contributed by atoms with van der Waals surface area (Å²) in [5, 5.41) is 0. The molecule has 2 aliphatic rings. The van der Waals surface area contributed by atoms with Crippen molar-refractivity contribution in [3.05, 3.63) is 0 Å². The highest BCUT2D eigenvalue weighted by Crippen LogP contribution is 2.27. The molecule has 1 saturated heterocycles. The average Bonchev–Trinajstić information content (AvgIpc) is 2.87. The van der Waals surface area contributed by atoms with Crippen LogP contribution in [0, 0.1) is 5.92 Å². The molecule has 0 aromatic rings. The Labute approximate surface area is 93.0 Å². The van der Waals surface area contributed by atoms with Crippen molar-refractivity contribution < 1.29 is 4.79 Å². The summed E-state index contributed by atoms with van der Waals surface area (Å²) in [6.07, 6.45) is 8.65. The summed E-state index contributed by atoms with van der Waals surface area (Å²) in [6, 6.07) is 0.690. The Morgan fingerprint density at radius 2 is 1.93 bits per heavy atom. The molecule has 1 saturated carbocycles. The predicted molar refractivity (Wildman–Crippen MR) is 61.9 cm³/mol. The van der Waals surface area contributed by atoms with E-state index in [4.69, 9.17) is 0 Å². The van der Waals surface area contributed by atoms with Gasteiger partial charge in [-0.2, -0.15) is 0 Å². The van der Waals surface area contributed by atoms with Crippen LogP contribution < -0.4 is 0 Å². The molecule has 0 aromatic heterocycles. The second-order valence-corrected chi connectivity index (χ2v) is 5.12. The van der Waals surface area contributed by atoms with Crippen LogP contribution >= 0.6 is 0 Å². The third-order valence-corrected chi connectivity index (χ3v) is 4.14. The molecule has 1 atom stereocenters. The van der Waals surface area contributed by atoms with E-state index in [0.717, 1.165) is 25.9 Å². The van der Waals surface area contributed by atoms with E-state index in [1.54, 1.807) is 0 Å². The third-order valence-electron chi connectivity index (χ3n) is 4.14. The normalized spacial score (nSPS) is 28.7. The molecule has 0 aromatic carbocycles. The van der Waals surface area contributed by atoms with E-state index in [0.29, 0.717) is 17.7 Å². The van der Waals surface area contributed by atoms with Crippen molar-refractivity contribution in [2.45, 2.75) is 57.9 Å². The fraction of sp³-hybridized carbons (Fsp3) is 0.923. The molecule has 1 aliphatic heterocycles. The minimum Gasteiger partial charge on any atom is -0.298 e. The first kappa shape index (κ1) is 11.1. The molecule has 2 nitrogen and oxygen atoms in total. The lowest BCUT2D eigenvalue weighted by Crippen LogP contribution is -2.35. The molecule has 2 heteroatoms. The number of likely N-dealkylation sites (tertiary alicyclic amines) is 1. The maximum Gasteiger partial charge on any atom is 0.149 e. The highest BCUT2D eigenvalue weighted by atomic mass is 16.1. The van der Waals surface area contributed by atoms with E-state index in [1.165, 1.54) is 32.1 Å². The molecule has 0 radical (unpaired) electrons. The molecule has 86 valence electrons. The zero-order chi connectivity index (χ0) is 10.7. The van der Waals surface area contributed by atoms with Crippen molar-refractivity contribution in [3.8, 4) is 0 Å². The van der Waals surface area contributed by atoms with E-state index >= 15 is 0 Å². The van der Waals surface area contributed by atoms with Crippen LogP contribution in [0.4, 0.5) is 0 Å². The van der Waals surface area contributed by atoms with Gasteiger partial charge in [-0.3, -0.25) is 9.69 Å². The quantitative estimate of drug-likeness (QED) is 0.709. The Morgan fingerprint density at radius 3 is 2.60 bits per heavy atom. The van der Waals surface area contributed by atoms with Gasteiger partial charge in [-0.15, -0.1) is 0 Å². The lowest BCUT2D eigenvalue weighted by molar-refractivity contribution is -0.124. The van der Waals surface area contributed by atoms with Gasteiger partial charge in [0.2, 0.25) is 0 Å². The Bertz CT molecular complexity index is 221. The topological polar surface area (TPSA) is 20.3 Å². The standard InChI is InChI=1S/C13H23NO/c1-2-12-8-5-9-14(12)10-13(15)11-6-3-4-7-11/h11-12H,2-10H2,1H3. The largest absolute Gasteiger partial charge is 0.298 e.